The van der Waals surface area contributed by atoms with E-state index in [0.717, 1.165) is 31.0 Å². The van der Waals surface area contributed by atoms with E-state index in [9.17, 15) is 9.59 Å². The van der Waals surface area contributed by atoms with Crippen LogP contribution in [0.1, 0.15) is 34.2 Å². The van der Waals surface area contributed by atoms with Crippen LogP contribution in [-0.4, -0.2) is 30.1 Å². The first-order valence-corrected chi connectivity index (χ1v) is 8.47. The first-order valence-electron chi connectivity index (χ1n) is 8.47. The summed E-state index contributed by atoms with van der Waals surface area (Å²) in [6, 6.07) is 7.30. The highest BCUT2D eigenvalue weighted by molar-refractivity contribution is 5.93. The van der Waals surface area contributed by atoms with Crippen LogP contribution in [0.4, 0.5) is 0 Å². The van der Waals surface area contributed by atoms with Crippen LogP contribution in [0.15, 0.2) is 39.7 Å². The molecule has 2 aromatic rings. The Hall–Kier alpha value is -2.34. The number of aromatic nitrogens is 1. The molecular weight excluding hydrogens is 306 g/mol. The molecule has 0 unspecified atom stereocenters. The number of nitrogens with zero attached hydrogens (tertiary/aromatic N) is 1. The summed E-state index contributed by atoms with van der Waals surface area (Å²) in [5, 5.41) is 6.23. The van der Waals surface area contributed by atoms with E-state index in [2.05, 4.69) is 10.6 Å². The number of furan rings is 1. The van der Waals surface area contributed by atoms with E-state index >= 15 is 0 Å². The zero-order valence-electron chi connectivity index (χ0n) is 13.5. The van der Waals surface area contributed by atoms with E-state index in [0.29, 0.717) is 31.3 Å². The van der Waals surface area contributed by atoms with Gasteiger partial charge in [-0.15, -0.1) is 0 Å². The van der Waals surface area contributed by atoms with Gasteiger partial charge in [0, 0.05) is 37.7 Å². The first kappa shape index (κ1) is 15.2. The Morgan fingerprint density at radius 3 is 3.08 bits per heavy atom. The van der Waals surface area contributed by atoms with Crippen LogP contribution in [0, 0.1) is 5.92 Å². The Kier molecular flexibility index (Phi) is 3.98. The highest BCUT2D eigenvalue weighted by Gasteiger charge is 2.31. The topological polar surface area (TPSA) is 76.3 Å². The van der Waals surface area contributed by atoms with E-state index in [1.165, 1.54) is 0 Å². The third-order valence-electron chi connectivity index (χ3n) is 4.99. The van der Waals surface area contributed by atoms with Crippen molar-refractivity contribution in [2.45, 2.75) is 25.3 Å². The predicted molar refractivity (Wildman–Crippen MR) is 89.2 cm³/mol. The smallest absolute Gasteiger partial charge is 0.263 e. The zero-order valence-corrected chi connectivity index (χ0v) is 13.5. The fraction of sp³-hybridized carbons (Fsp3) is 0.444. The maximum absolute atomic E-state index is 12.7. The fourth-order valence-corrected chi connectivity index (χ4v) is 3.81. The molecule has 4 rings (SSSR count). The Morgan fingerprint density at radius 1 is 1.33 bits per heavy atom. The number of carbonyl (C=O) groups is 1. The predicted octanol–water partition coefficient (Wildman–Crippen LogP) is 1.12. The SMILES string of the molecule is O=C(NCCc1ccco1)c1ccc2n(c1=O)C[C@@H]1CNC[C@H]2C1. The average molecular weight is 327 g/mol. The minimum absolute atomic E-state index is 0.167. The van der Waals surface area contributed by atoms with Gasteiger partial charge in [0.25, 0.3) is 11.5 Å². The molecule has 0 aliphatic carbocycles. The van der Waals surface area contributed by atoms with Gasteiger partial charge in [0.15, 0.2) is 0 Å². The summed E-state index contributed by atoms with van der Waals surface area (Å²) in [6.45, 7) is 3.00. The quantitative estimate of drug-likeness (QED) is 0.882. The highest BCUT2D eigenvalue weighted by Crippen LogP contribution is 2.31. The summed E-state index contributed by atoms with van der Waals surface area (Å²) in [7, 11) is 0. The van der Waals surface area contributed by atoms with Gasteiger partial charge >= 0.3 is 0 Å². The minimum Gasteiger partial charge on any atom is -0.469 e. The normalized spacial score (nSPS) is 22.0. The van der Waals surface area contributed by atoms with E-state index in [4.69, 9.17) is 4.42 Å². The number of fused-ring (bicyclic) bond motifs is 4. The summed E-state index contributed by atoms with van der Waals surface area (Å²) >= 11 is 0. The van der Waals surface area contributed by atoms with Gasteiger partial charge in [-0.05, 0) is 43.1 Å². The second-order valence-electron chi connectivity index (χ2n) is 6.63. The summed E-state index contributed by atoms with van der Waals surface area (Å²) in [5.41, 5.74) is 1.11. The number of hydrogen-bond acceptors (Lipinski definition) is 4. The monoisotopic (exact) mass is 327 g/mol. The minimum atomic E-state index is -0.310. The molecular formula is C18H21N3O3. The Balaban J connectivity index is 1.50. The van der Waals surface area contributed by atoms with Crippen molar-refractivity contribution in [1.29, 1.82) is 0 Å². The molecule has 2 aliphatic heterocycles. The van der Waals surface area contributed by atoms with Crippen molar-refractivity contribution in [1.82, 2.24) is 15.2 Å². The zero-order chi connectivity index (χ0) is 16.5. The third-order valence-corrected chi connectivity index (χ3v) is 4.99. The summed E-state index contributed by atoms with van der Waals surface area (Å²) in [5.74, 6) is 1.36. The number of pyridine rings is 1. The van der Waals surface area contributed by atoms with Crippen molar-refractivity contribution in [2.24, 2.45) is 5.92 Å². The maximum Gasteiger partial charge on any atom is 0.263 e. The molecule has 2 bridgehead atoms. The Morgan fingerprint density at radius 2 is 2.25 bits per heavy atom. The first-order chi connectivity index (χ1) is 11.7. The van der Waals surface area contributed by atoms with E-state index in [1.807, 2.05) is 18.2 Å². The largest absolute Gasteiger partial charge is 0.469 e. The van der Waals surface area contributed by atoms with Crippen molar-refractivity contribution in [3.05, 3.63) is 57.9 Å². The molecule has 0 aromatic carbocycles. The molecule has 1 amide bonds. The van der Waals surface area contributed by atoms with Gasteiger partial charge in [0.05, 0.1) is 6.26 Å². The standard InChI is InChI=1S/C18H21N3O3/c22-17(20-6-5-14-2-1-7-24-14)15-3-4-16-13-8-12(9-19-10-13)11-21(16)18(15)23/h1-4,7,12-13,19H,5-6,8-11H2,(H,20,22)/t12-,13+/m0/s1. The number of hydrogen-bond donors (Lipinski definition) is 2. The second kappa shape index (κ2) is 6.28. The van der Waals surface area contributed by atoms with E-state index in [-0.39, 0.29) is 17.0 Å². The van der Waals surface area contributed by atoms with Crippen LogP contribution in [0.25, 0.3) is 0 Å². The van der Waals surface area contributed by atoms with Gasteiger partial charge in [0.2, 0.25) is 0 Å². The van der Waals surface area contributed by atoms with Crippen LogP contribution in [0.5, 0.6) is 0 Å². The van der Waals surface area contributed by atoms with Gasteiger partial charge in [-0.2, -0.15) is 0 Å². The van der Waals surface area contributed by atoms with E-state index < -0.39 is 0 Å². The van der Waals surface area contributed by atoms with E-state index in [1.54, 1.807) is 16.9 Å². The molecule has 1 saturated heterocycles. The Bertz CT molecular complexity index is 794. The summed E-state index contributed by atoms with van der Waals surface area (Å²) in [4.78, 5) is 25.1. The lowest BCUT2D eigenvalue weighted by atomic mass is 9.84. The lowest BCUT2D eigenvalue weighted by Crippen LogP contribution is -2.46. The average Bonchev–Trinajstić information content (AvgIpc) is 3.09. The van der Waals surface area contributed by atoms with Gasteiger partial charge < -0.3 is 19.6 Å². The number of amides is 1. The molecule has 1 fully saturated rings. The van der Waals surface area contributed by atoms with Crippen LogP contribution in [-0.2, 0) is 13.0 Å². The maximum atomic E-state index is 12.7. The van der Waals surface area contributed by atoms with Gasteiger partial charge in [-0.25, -0.2) is 0 Å². The van der Waals surface area contributed by atoms with Crippen LogP contribution < -0.4 is 16.2 Å². The van der Waals surface area contributed by atoms with Gasteiger partial charge in [0.1, 0.15) is 11.3 Å². The van der Waals surface area contributed by atoms with Crippen molar-refractivity contribution in [2.75, 3.05) is 19.6 Å². The van der Waals surface area contributed by atoms with Crippen molar-refractivity contribution < 1.29 is 9.21 Å². The molecule has 2 N–H and O–H groups in total. The lowest BCUT2D eigenvalue weighted by Gasteiger charge is -2.37. The molecule has 6 nitrogen and oxygen atoms in total. The molecule has 2 atom stereocenters. The molecule has 6 heteroatoms. The Labute approximate surface area is 139 Å². The van der Waals surface area contributed by atoms with Gasteiger partial charge in [-0.3, -0.25) is 9.59 Å². The summed E-state index contributed by atoms with van der Waals surface area (Å²) in [6.07, 6.45) is 3.35. The molecule has 4 heterocycles. The fourth-order valence-electron chi connectivity index (χ4n) is 3.81. The molecule has 0 radical (unpaired) electrons. The molecule has 0 spiro atoms. The number of rotatable bonds is 4. The summed E-state index contributed by atoms with van der Waals surface area (Å²) < 4.78 is 7.05. The number of nitrogens with one attached hydrogen (secondary N) is 2. The lowest BCUT2D eigenvalue weighted by molar-refractivity contribution is 0.0951. The molecule has 126 valence electrons. The molecule has 2 aromatic heterocycles. The molecule has 24 heavy (non-hydrogen) atoms. The molecule has 0 saturated carbocycles. The number of carbonyl (C=O) groups excluding carboxylic acids is 1. The van der Waals surface area contributed by atoms with Crippen LogP contribution >= 0.6 is 0 Å². The van der Waals surface area contributed by atoms with Crippen molar-refractivity contribution in [3.8, 4) is 0 Å². The van der Waals surface area contributed by atoms with Crippen molar-refractivity contribution >= 4 is 5.91 Å². The second-order valence-corrected chi connectivity index (χ2v) is 6.63. The third kappa shape index (κ3) is 2.78. The van der Waals surface area contributed by atoms with Crippen LogP contribution in [0.2, 0.25) is 0 Å². The van der Waals surface area contributed by atoms with Crippen LogP contribution in [0.3, 0.4) is 0 Å². The van der Waals surface area contributed by atoms with Crippen molar-refractivity contribution in [3.63, 3.8) is 0 Å². The number of piperidine rings is 1. The van der Waals surface area contributed by atoms with Gasteiger partial charge in [-0.1, -0.05) is 0 Å². The highest BCUT2D eigenvalue weighted by atomic mass is 16.3. The molecule has 2 aliphatic rings.